The first-order valence-corrected chi connectivity index (χ1v) is 4.97. The number of fused-ring (bicyclic) bond motifs is 1. The van der Waals surface area contributed by atoms with Gasteiger partial charge in [-0.2, -0.15) is 0 Å². The lowest BCUT2D eigenvalue weighted by Gasteiger charge is -2.11. The second kappa shape index (κ2) is 3.40. The predicted octanol–water partition coefficient (Wildman–Crippen LogP) is 2.49. The van der Waals surface area contributed by atoms with Gasteiger partial charge in [-0.15, -0.1) is 0 Å². The molecule has 0 aliphatic heterocycles. The molecule has 2 aromatic heterocycles. The minimum absolute atomic E-state index is 0.495. The molecule has 0 saturated heterocycles. The average molecular weight is 189 g/mol. The van der Waals surface area contributed by atoms with Crippen LogP contribution in [0, 0.1) is 5.92 Å². The normalized spacial score (nSPS) is 13.7. The Kier molecular flexibility index (Phi) is 2.23. The van der Waals surface area contributed by atoms with Crippen LogP contribution in [0.3, 0.4) is 0 Å². The summed E-state index contributed by atoms with van der Waals surface area (Å²) in [6.07, 6.45) is 7.58. The molecule has 74 valence electrons. The van der Waals surface area contributed by atoms with Gasteiger partial charge in [0.05, 0.1) is 11.9 Å². The highest BCUT2D eigenvalue weighted by atomic mass is 15.0. The van der Waals surface area contributed by atoms with Crippen molar-refractivity contribution >= 4 is 5.65 Å². The van der Waals surface area contributed by atoms with Gasteiger partial charge in [-0.25, -0.2) is 4.98 Å². The average Bonchev–Trinajstić information content (AvgIpc) is 2.59. The summed E-state index contributed by atoms with van der Waals surface area (Å²) in [5.74, 6) is 1.11. The SMILES string of the molecule is CC(C)C(C)c1cn2ccncc2n1. The Balaban J connectivity index is 2.45. The van der Waals surface area contributed by atoms with Crippen LogP contribution < -0.4 is 0 Å². The van der Waals surface area contributed by atoms with Gasteiger partial charge in [0.2, 0.25) is 0 Å². The molecular formula is C11H15N3. The molecule has 0 aliphatic carbocycles. The predicted molar refractivity (Wildman–Crippen MR) is 56.2 cm³/mol. The van der Waals surface area contributed by atoms with Gasteiger partial charge in [0.1, 0.15) is 0 Å². The van der Waals surface area contributed by atoms with Crippen LogP contribution in [0.2, 0.25) is 0 Å². The molecule has 0 saturated carbocycles. The topological polar surface area (TPSA) is 30.2 Å². The molecule has 1 atom stereocenters. The number of nitrogens with zero attached hydrogens (tertiary/aromatic N) is 3. The Morgan fingerprint density at radius 2 is 2.07 bits per heavy atom. The van der Waals surface area contributed by atoms with Gasteiger partial charge in [0.15, 0.2) is 5.65 Å². The molecule has 0 amide bonds. The smallest absolute Gasteiger partial charge is 0.155 e. The minimum atomic E-state index is 0.495. The van der Waals surface area contributed by atoms with Crippen LogP contribution in [0.4, 0.5) is 0 Å². The summed E-state index contributed by atoms with van der Waals surface area (Å²) in [5.41, 5.74) is 2.07. The van der Waals surface area contributed by atoms with Crippen molar-refractivity contribution in [2.45, 2.75) is 26.7 Å². The van der Waals surface area contributed by atoms with Gasteiger partial charge in [-0.1, -0.05) is 20.8 Å². The maximum absolute atomic E-state index is 4.53. The first-order valence-electron chi connectivity index (χ1n) is 4.97. The lowest BCUT2D eigenvalue weighted by molar-refractivity contribution is 0.526. The third-order valence-corrected chi connectivity index (χ3v) is 2.75. The maximum atomic E-state index is 4.53. The quantitative estimate of drug-likeness (QED) is 0.726. The third kappa shape index (κ3) is 1.50. The largest absolute Gasteiger partial charge is 0.304 e. The second-order valence-electron chi connectivity index (χ2n) is 4.04. The first-order chi connectivity index (χ1) is 6.68. The Morgan fingerprint density at radius 1 is 1.29 bits per heavy atom. The van der Waals surface area contributed by atoms with Crippen molar-refractivity contribution in [3.05, 3.63) is 30.5 Å². The molecule has 3 heteroatoms. The minimum Gasteiger partial charge on any atom is -0.304 e. The fourth-order valence-electron chi connectivity index (χ4n) is 1.42. The van der Waals surface area contributed by atoms with E-state index in [-0.39, 0.29) is 0 Å². The van der Waals surface area contributed by atoms with E-state index in [1.54, 1.807) is 12.4 Å². The number of aromatic nitrogens is 3. The van der Waals surface area contributed by atoms with Gasteiger partial charge in [0, 0.05) is 24.5 Å². The molecule has 0 bridgehead atoms. The molecule has 0 aromatic carbocycles. The zero-order valence-electron chi connectivity index (χ0n) is 8.81. The van der Waals surface area contributed by atoms with Crippen LogP contribution in [0.1, 0.15) is 32.4 Å². The van der Waals surface area contributed by atoms with E-state index in [1.807, 2.05) is 10.6 Å². The Hall–Kier alpha value is -1.38. The van der Waals surface area contributed by atoms with Crippen LogP contribution in [0.15, 0.2) is 24.8 Å². The van der Waals surface area contributed by atoms with E-state index in [4.69, 9.17) is 0 Å². The van der Waals surface area contributed by atoms with E-state index in [0.717, 1.165) is 11.3 Å². The van der Waals surface area contributed by atoms with Gasteiger partial charge in [-0.3, -0.25) is 4.98 Å². The zero-order chi connectivity index (χ0) is 10.1. The van der Waals surface area contributed by atoms with Crippen LogP contribution >= 0.6 is 0 Å². The molecule has 2 aromatic rings. The van der Waals surface area contributed by atoms with E-state index in [9.17, 15) is 0 Å². The fraction of sp³-hybridized carbons (Fsp3) is 0.455. The Bertz CT molecular complexity index is 398. The highest BCUT2D eigenvalue weighted by Gasteiger charge is 2.13. The van der Waals surface area contributed by atoms with Gasteiger partial charge in [0.25, 0.3) is 0 Å². The van der Waals surface area contributed by atoms with Crippen molar-refractivity contribution in [2.24, 2.45) is 5.92 Å². The van der Waals surface area contributed by atoms with Crippen molar-refractivity contribution in [3.8, 4) is 0 Å². The van der Waals surface area contributed by atoms with Crippen molar-refractivity contribution in [2.75, 3.05) is 0 Å². The van der Waals surface area contributed by atoms with Crippen LogP contribution in [-0.2, 0) is 0 Å². The van der Waals surface area contributed by atoms with Crippen LogP contribution in [0.25, 0.3) is 5.65 Å². The van der Waals surface area contributed by atoms with E-state index in [2.05, 4.69) is 36.9 Å². The van der Waals surface area contributed by atoms with E-state index in [1.165, 1.54) is 0 Å². The Labute approximate surface area is 83.8 Å². The summed E-state index contributed by atoms with van der Waals surface area (Å²) < 4.78 is 2.02. The summed E-state index contributed by atoms with van der Waals surface area (Å²) in [4.78, 5) is 8.58. The number of imidazole rings is 1. The third-order valence-electron chi connectivity index (χ3n) is 2.75. The molecule has 0 radical (unpaired) electrons. The standard InChI is InChI=1S/C11H15N3/c1-8(2)9(3)10-7-14-5-4-12-6-11(14)13-10/h4-9H,1-3H3. The van der Waals surface area contributed by atoms with Crippen LogP contribution in [-0.4, -0.2) is 14.4 Å². The van der Waals surface area contributed by atoms with E-state index < -0.39 is 0 Å². The molecule has 3 nitrogen and oxygen atoms in total. The molecule has 0 aliphatic rings. The van der Waals surface area contributed by atoms with Crippen molar-refractivity contribution in [1.29, 1.82) is 0 Å². The monoisotopic (exact) mass is 189 g/mol. The van der Waals surface area contributed by atoms with Crippen molar-refractivity contribution in [3.63, 3.8) is 0 Å². The fourth-order valence-corrected chi connectivity index (χ4v) is 1.42. The zero-order valence-corrected chi connectivity index (χ0v) is 8.81. The maximum Gasteiger partial charge on any atom is 0.155 e. The van der Waals surface area contributed by atoms with E-state index >= 15 is 0 Å². The number of rotatable bonds is 2. The highest BCUT2D eigenvalue weighted by molar-refractivity contribution is 5.37. The molecule has 1 unspecified atom stereocenters. The molecule has 14 heavy (non-hydrogen) atoms. The van der Waals surface area contributed by atoms with E-state index in [0.29, 0.717) is 11.8 Å². The molecule has 0 spiro atoms. The summed E-state index contributed by atoms with van der Waals surface area (Å²) in [7, 11) is 0. The van der Waals surface area contributed by atoms with Crippen LogP contribution in [0.5, 0.6) is 0 Å². The molecule has 2 rings (SSSR count). The molecular weight excluding hydrogens is 174 g/mol. The van der Waals surface area contributed by atoms with Gasteiger partial charge >= 0.3 is 0 Å². The number of hydrogen-bond donors (Lipinski definition) is 0. The highest BCUT2D eigenvalue weighted by Crippen LogP contribution is 2.22. The lowest BCUT2D eigenvalue weighted by atomic mass is 9.95. The lowest BCUT2D eigenvalue weighted by Crippen LogP contribution is -2.01. The summed E-state index contributed by atoms with van der Waals surface area (Å²) in [6, 6.07) is 0. The molecule has 0 N–H and O–H groups in total. The van der Waals surface area contributed by atoms with Crippen molar-refractivity contribution in [1.82, 2.24) is 14.4 Å². The number of hydrogen-bond acceptors (Lipinski definition) is 2. The summed E-state index contributed by atoms with van der Waals surface area (Å²) in [6.45, 7) is 6.64. The van der Waals surface area contributed by atoms with Gasteiger partial charge in [-0.05, 0) is 5.92 Å². The Morgan fingerprint density at radius 3 is 2.71 bits per heavy atom. The first kappa shape index (κ1) is 9.19. The second-order valence-corrected chi connectivity index (χ2v) is 4.04. The summed E-state index contributed by atoms with van der Waals surface area (Å²) in [5, 5.41) is 0. The molecule has 2 heterocycles. The van der Waals surface area contributed by atoms with Crippen molar-refractivity contribution < 1.29 is 0 Å². The van der Waals surface area contributed by atoms with Gasteiger partial charge < -0.3 is 4.40 Å². The molecule has 0 fully saturated rings. The summed E-state index contributed by atoms with van der Waals surface area (Å²) >= 11 is 0.